The van der Waals surface area contributed by atoms with Crippen molar-refractivity contribution in [2.24, 2.45) is 5.73 Å². The van der Waals surface area contributed by atoms with Crippen molar-refractivity contribution in [1.82, 2.24) is 14.7 Å². The Morgan fingerprint density at radius 3 is 1.88 bits per heavy atom. The molecule has 1 saturated heterocycles. The lowest BCUT2D eigenvalue weighted by molar-refractivity contribution is 0.0995. The van der Waals surface area contributed by atoms with Gasteiger partial charge in [0, 0.05) is 12.2 Å². The Morgan fingerprint density at radius 2 is 1.35 bits per heavy atom. The summed E-state index contributed by atoms with van der Waals surface area (Å²) in [5, 5.41) is 4.30. The van der Waals surface area contributed by atoms with E-state index < -0.39 is 5.91 Å². The van der Waals surface area contributed by atoms with Crippen LogP contribution in [0.4, 0.5) is 0 Å². The van der Waals surface area contributed by atoms with Gasteiger partial charge >= 0.3 is 0 Å². The van der Waals surface area contributed by atoms with Gasteiger partial charge in [0.25, 0.3) is 5.91 Å². The quantitative estimate of drug-likeness (QED) is 0.424. The predicted molar refractivity (Wildman–Crippen MR) is 136 cm³/mol. The van der Waals surface area contributed by atoms with Crippen LogP contribution >= 0.6 is 0 Å². The molecule has 5 heteroatoms. The van der Waals surface area contributed by atoms with E-state index in [1.54, 1.807) is 10.7 Å². The van der Waals surface area contributed by atoms with Crippen LogP contribution in [-0.4, -0.2) is 33.7 Å². The number of nitrogens with two attached hydrogens (primary N) is 1. The van der Waals surface area contributed by atoms with Gasteiger partial charge in [-0.15, -0.1) is 0 Å². The van der Waals surface area contributed by atoms with Gasteiger partial charge in [-0.05, 0) is 85.3 Å². The van der Waals surface area contributed by atoms with E-state index in [9.17, 15) is 4.79 Å². The monoisotopic (exact) mass is 450 g/mol. The summed E-state index contributed by atoms with van der Waals surface area (Å²) in [7, 11) is 0. The van der Waals surface area contributed by atoms with E-state index in [1.165, 1.54) is 53.7 Å². The molecule has 0 radical (unpaired) electrons. The van der Waals surface area contributed by atoms with Gasteiger partial charge in [0.15, 0.2) is 5.69 Å². The molecule has 34 heavy (non-hydrogen) atoms. The fraction of sp³-hybridized carbons (Fsp3) is 0.241. The summed E-state index contributed by atoms with van der Waals surface area (Å²) in [6, 6.07) is 27.8. The Bertz CT molecular complexity index is 1270. The molecule has 1 amide bonds. The number of carbonyl (C=O) groups is 1. The average Bonchev–Trinajstić information content (AvgIpc) is 3.50. The number of aromatic nitrogens is 2. The summed E-state index contributed by atoms with van der Waals surface area (Å²) in [4.78, 5) is 13.9. The molecule has 3 aromatic carbocycles. The molecule has 1 aliphatic rings. The van der Waals surface area contributed by atoms with Crippen molar-refractivity contribution in [3.8, 4) is 16.8 Å². The van der Waals surface area contributed by atoms with E-state index in [0.717, 1.165) is 24.3 Å². The van der Waals surface area contributed by atoms with Crippen molar-refractivity contribution in [2.75, 3.05) is 13.1 Å². The molecule has 1 aliphatic heterocycles. The summed E-state index contributed by atoms with van der Waals surface area (Å²) < 4.78 is 1.75. The minimum Gasteiger partial charge on any atom is -0.364 e. The Kier molecular flexibility index (Phi) is 6.28. The molecule has 5 rings (SSSR count). The van der Waals surface area contributed by atoms with E-state index in [2.05, 4.69) is 70.7 Å². The number of carbonyl (C=O) groups excluding carboxylic acids is 1. The van der Waals surface area contributed by atoms with E-state index >= 15 is 0 Å². The van der Waals surface area contributed by atoms with Crippen LogP contribution < -0.4 is 5.73 Å². The number of aryl methyl sites for hydroxylation is 1. The second-order valence-corrected chi connectivity index (χ2v) is 9.17. The lowest BCUT2D eigenvalue weighted by atomic mass is 9.99. The van der Waals surface area contributed by atoms with Crippen molar-refractivity contribution in [3.05, 3.63) is 107 Å². The van der Waals surface area contributed by atoms with Gasteiger partial charge in [0.2, 0.25) is 0 Å². The average molecular weight is 451 g/mol. The molecular weight excluding hydrogens is 420 g/mol. The third-order valence-electron chi connectivity index (χ3n) is 6.58. The van der Waals surface area contributed by atoms with Crippen LogP contribution in [0.5, 0.6) is 0 Å². The molecule has 0 aliphatic carbocycles. The van der Waals surface area contributed by atoms with Crippen LogP contribution in [0.1, 0.15) is 45.7 Å². The van der Waals surface area contributed by atoms with E-state index in [0.29, 0.717) is 0 Å². The number of hydrogen-bond donors (Lipinski definition) is 1. The normalized spacial score (nSPS) is 13.9. The molecule has 0 spiro atoms. The zero-order chi connectivity index (χ0) is 23.5. The molecule has 4 aromatic rings. The maximum Gasteiger partial charge on any atom is 0.269 e. The first-order chi connectivity index (χ1) is 16.5. The second-order valence-electron chi connectivity index (χ2n) is 9.17. The lowest BCUT2D eigenvalue weighted by Crippen LogP contribution is -2.18. The summed E-state index contributed by atoms with van der Waals surface area (Å²) in [6.45, 7) is 5.43. The molecule has 1 aromatic heterocycles. The standard InChI is InChI=1S/C29H30N4O/c1-21-18-28(29(30)34)31-33(21)27-14-8-23(9-15-27)19-22-4-10-25(11-5-22)26-12-6-24(7-13-26)20-32-16-2-3-17-32/h4-15,18H,2-3,16-17,19-20H2,1H3,(H2,30,34). The number of amides is 1. The highest BCUT2D eigenvalue weighted by atomic mass is 16.1. The molecule has 0 atom stereocenters. The first-order valence-corrected chi connectivity index (χ1v) is 11.9. The molecule has 1 fully saturated rings. The highest BCUT2D eigenvalue weighted by Gasteiger charge is 2.12. The highest BCUT2D eigenvalue weighted by molar-refractivity contribution is 5.90. The van der Waals surface area contributed by atoms with Crippen LogP contribution in [-0.2, 0) is 13.0 Å². The third kappa shape index (κ3) is 4.95. The number of nitrogens with zero attached hydrogens (tertiary/aromatic N) is 3. The number of likely N-dealkylation sites (tertiary alicyclic amines) is 1. The fourth-order valence-corrected chi connectivity index (χ4v) is 4.66. The smallest absolute Gasteiger partial charge is 0.269 e. The molecule has 0 saturated carbocycles. The molecule has 5 nitrogen and oxygen atoms in total. The Labute approximate surface area is 200 Å². The third-order valence-corrected chi connectivity index (χ3v) is 6.58. The topological polar surface area (TPSA) is 64.2 Å². The van der Waals surface area contributed by atoms with E-state index in [1.807, 2.05) is 19.1 Å². The maximum absolute atomic E-state index is 11.4. The van der Waals surface area contributed by atoms with Gasteiger partial charge in [0.05, 0.1) is 5.69 Å². The summed E-state index contributed by atoms with van der Waals surface area (Å²) in [6.07, 6.45) is 3.52. The SMILES string of the molecule is Cc1cc(C(N)=O)nn1-c1ccc(Cc2ccc(-c3ccc(CN4CCCC4)cc3)cc2)cc1. The minimum absolute atomic E-state index is 0.280. The van der Waals surface area contributed by atoms with Crippen LogP contribution in [0.15, 0.2) is 78.9 Å². The Balaban J connectivity index is 1.23. The number of benzene rings is 3. The zero-order valence-electron chi connectivity index (χ0n) is 19.6. The van der Waals surface area contributed by atoms with Crippen LogP contribution in [0.25, 0.3) is 16.8 Å². The summed E-state index contributed by atoms with van der Waals surface area (Å²) in [5.74, 6) is -0.514. The number of primary amides is 1. The van der Waals surface area contributed by atoms with E-state index in [-0.39, 0.29) is 5.69 Å². The Hall–Kier alpha value is -3.70. The van der Waals surface area contributed by atoms with Gasteiger partial charge in [-0.25, -0.2) is 4.68 Å². The zero-order valence-corrected chi connectivity index (χ0v) is 19.6. The molecular formula is C29H30N4O. The van der Waals surface area contributed by atoms with Crippen molar-refractivity contribution in [1.29, 1.82) is 0 Å². The van der Waals surface area contributed by atoms with Crippen LogP contribution in [0.3, 0.4) is 0 Å². The lowest BCUT2D eigenvalue weighted by Gasteiger charge is -2.14. The van der Waals surface area contributed by atoms with E-state index in [4.69, 9.17) is 5.73 Å². The van der Waals surface area contributed by atoms with Crippen LogP contribution in [0.2, 0.25) is 0 Å². The van der Waals surface area contributed by atoms with Gasteiger partial charge in [-0.3, -0.25) is 9.69 Å². The highest BCUT2D eigenvalue weighted by Crippen LogP contribution is 2.23. The van der Waals surface area contributed by atoms with Gasteiger partial charge in [-0.1, -0.05) is 60.7 Å². The van der Waals surface area contributed by atoms with Gasteiger partial charge in [-0.2, -0.15) is 5.10 Å². The largest absolute Gasteiger partial charge is 0.364 e. The molecule has 0 unspecified atom stereocenters. The molecule has 2 heterocycles. The van der Waals surface area contributed by atoms with Crippen molar-refractivity contribution in [3.63, 3.8) is 0 Å². The predicted octanol–water partition coefficient (Wildman–Crippen LogP) is 5.13. The second kappa shape index (κ2) is 9.65. The number of rotatable bonds is 7. The minimum atomic E-state index is -0.514. The van der Waals surface area contributed by atoms with Crippen LogP contribution in [0, 0.1) is 6.92 Å². The molecule has 0 bridgehead atoms. The van der Waals surface area contributed by atoms with Crippen molar-refractivity contribution >= 4 is 5.91 Å². The molecule has 172 valence electrons. The summed E-state index contributed by atoms with van der Waals surface area (Å²) in [5.41, 5.74) is 13.8. The maximum atomic E-state index is 11.4. The summed E-state index contributed by atoms with van der Waals surface area (Å²) >= 11 is 0. The first-order valence-electron chi connectivity index (χ1n) is 11.9. The van der Waals surface area contributed by atoms with Gasteiger partial charge in [0.1, 0.15) is 0 Å². The Morgan fingerprint density at radius 1 is 0.824 bits per heavy atom. The van der Waals surface area contributed by atoms with Gasteiger partial charge < -0.3 is 5.73 Å². The fourth-order valence-electron chi connectivity index (χ4n) is 4.66. The molecule has 2 N–H and O–H groups in total. The number of hydrogen-bond acceptors (Lipinski definition) is 3. The first kappa shape index (κ1) is 22.1. The van der Waals surface area contributed by atoms with Crippen molar-refractivity contribution < 1.29 is 4.79 Å². The van der Waals surface area contributed by atoms with Crippen molar-refractivity contribution in [2.45, 2.75) is 32.7 Å².